The van der Waals surface area contributed by atoms with Crippen LogP contribution in [0.1, 0.15) is 18.4 Å². The van der Waals surface area contributed by atoms with Crippen LogP contribution in [0.4, 0.5) is 8.78 Å². The Labute approximate surface area is 125 Å². The molecule has 0 amide bonds. The van der Waals surface area contributed by atoms with Gasteiger partial charge in [0.05, 0.1) is 7.11 Å². The van der Waals surface area contributed by atoms with Crippen LogP contribution >= 0.6 is 0 Å². The monoisotopic (exact) mass is 319 g/mol. The molecule has 1 aliphatic rings. The Morgan fingerprint density at radius 2 is 2.10 bits per heavy atom. The van der Waals surface area contributed by atoms with Crippen LogP contribution < -0.4 is 14.8 Å². The molecule has 21 heavy (non-hydrogen) atoms. The molecular formula is C14H19F2NO3S. The van der Waals surface area contributed by atoms with Crippen molar-refractivity contribution in [1.29, 1.82) is 0 Å². The molecule has 0 atom stereocenters. The maximum atomic E-state index is 12.5. The summed E-state index contributed by atoms with van der Waals surface area (Å²) in [5.41, 5.74) is 0.626. The third-order valence-corrected chi connectivity index (χ3v) is 4.84. The van der Waals surface area contributed by atoms with Gasteiger partial charge in [0.2, 0.25) is 0 Å². The zero-order chi connectivity index (χ0) is 15.2. The maximum Gasteiger partial charge on any atom is 0.387 e. The van der Waals surface area contributed by atoms with Crippen molar-refractivity contribution in [2.75, 3.05) is 18.6 Å². The van der Waals surface area contributed by atoms with E-state index in [4.69, 9.17) is 4.74 Å². The predicted octanol–water partition coefficient (Wildman–Crippen LogP) is 2.30. The van der Waals surface area contributed by atoms with Crippen molar-refractivity contribution in [3.8, 4) is 11.5 Å². The van der Waals surface area contributed by atoms with E-state index in [9.17, 15) is 13.0 Å². The molecule has 1 aromatic carbocycles. The Kier molecular flexibility index (Phi) is 5.93. The molecule has 0 bridgehead atoms. The third kappa shape index (κ3) is 4.64. The van der Waals surface area contributed by atoms with Crippen LogP contribution in [-0.2, 0) is 17.3 Å². The number of para-hydroxylation sites is 1. The van der Waals surface area contributed by atoms with Crippen LogP contribution in [0.15, 0.2) is 18.2 Å². The van der Waals surface area contributed by atoms with E-state index in [1.54, 1.807) is 18.2 Å². The molecule has 0 spiro atoms. The fraction of sp³-hybridized carbons (Fsp3) is 0.571. The van der Waals surface area contributed by atoms with Crippen molar-refractivity contribution in [3.63, 3.8) is 0 Å². The highest BCUT2D eigenvalue weighted by Crippen LogP contribution is 2.32. The number of halogens is 2. The van der Waals surface area contributed by atoms with Gasteiger partial charge in [-0.25, -0.2) is 0 Å². The summed E-state index contributed by atoms with van der Waals surface area (Å²) in [4.78, 5) is 0. The van der Waals surface area contributed by atoms with Gasteiger partial charge in [-0.3, -0.25) is 4.21 Å². The lowest BCUT2D eigenvalue weighted by Gasteiger charge is -2.23. The smallest absolute Gasteiger partial charge is 0.387 e. The van der Waals surface area contributed by atoms with E-state index in [1.807, 2.05) is 0 Å². The zero-order valence-electron chi connectivity index (χ0n) is 11.8. The van der Waals surface area contributed by atoms with Crippen molar-refractivity contribution < 1.29 is 22.5 Å². The average molecular weight is 319 g/mol. The van der Waals surface area contributed by atoms with Gasteiger partial charge < -0.3 is 14.8 Å². The fourth-order valence-electron chi connectivity index (χ4n) is 2.34. The summed E-state index contributed by atoms with van der Waals surface area (Å²) in [5, 5.41) is 3.31. The van der Waals surface area contributed by atoms with Gasteiger partial charge in [-0.05, 0) is 18.9 Å². The van der Waals surface area contributed by atoms with Gasteiger partial charge >= 0.3 is 6.61 Å². The van der Waals surface area contributed by atoms with Crippen LogP contribution in [-0.4, -0.2) is 35.5 Å². The fourth-order valence-corrected chi connectivity index (χ4v) is 3.64. The van der Waals surface area contributed by atoms with Crippen LogP contribution in [0.3, 0.4) is 0 Å². The van der Waals surface area contributed by atoms with E-state index in [0.29, 0.717) is 29.4 Å². The number of alkyl halides is 2. The van der Waals surface area contributed by atoms with E-state index in [-0.39, 0.29) is 11.8 Å². The number of methoxy groups -OCH3 is 1. The molecule has 0 unspecified atom stereocenters. The summed E-state index contributed by atoms with van der Waals surface area (Å²) in [6.07, 6.45) is 1.67. The van der Waals surface area contributed by atoms with E-state index in [1.165, 1.54) is 7.11 Å². The summed E-state index contributed by atoms with van der Waals surface area (Å²) in [6.45, 7) is -2.48. The maximum absolute atomic E-state index is 12.5. The van der Waals surface area contributed by atoms with Crippen molar-refractivity contribution >= 4 is 10.8 Å². The Hall–Kier alpha value is -1.21. The van der Waals surface area contributed by atoms with Crippen LogP contribution in [0, 0.1) is 0 Å². The highest BCUT2D eigenvalue weighted by atomic mass is 32.2. The van der Waals surface area contributed by atoms with Crippen molar-refractivity contribution in [1.82, 2.24) is 5.32 Å². The second-order valence-electron chi connectivity index (χ2n) is 4.83. The second kappa shape index (κ2) is 7.70. The van der Waals surface area contributed by atoms with E-state index in [0.717, 1.165) is 12.8 Å². The lowest BCUT2D eigenvalue weighted by atomic mass is 10.1. The summed E-state index contributed by atoms with van der Waals surface area (Å²) in [7, 11) is 0.708. The molecule has 1 aliphatic heterocycles. The molecule has 2 rings (SSSR count). The van der Waals surface area contributed by atoms with Gasteiger partial charge in [0.25, 0.3) is 0 Å². The topological polar surface area (TPSA) is 47.6 Å². The molecular weight excluding hydrogens is 300 g/mol. The predicted molar refractivity (Wildman–Crippen MR) is 77.4 cm³/mol. The first-order valence-corrected chi connectivity index (χ1v) is 8.28. The second-order valence-corrected chi connectivity index (χ2v) is 6.53. The molecule has 1 saturated heterocycles. The highest BCUT2D eigenvalue weighted by molar-refractivity contribution is 7.85. The molecule has 7 heteroatoms. The van der Waals surface area contributed by atoms with Gasteiger partial charge in [0.1, 0.15) is 0 Å². The van der Waals surface area contributed by atoms with Gasteiger partial charge in [-0.1, -0.05) is 12.1 Å². The van der Waals surface area contributed by atoms with Crippen LogP contribution in [0.5, 0.6) is 11.5 Å². The Bertz CT molecular complexity index is 489. The van der Waals surface area contributed by atoms with Gasteiger partial charge in [0.15, 0.2) is 11.5 Å². The minimum absolute atomic E-state index is 0.0712. The molecule has 118 valence electrons. The molecule has 0 aromatic heterocycles. The highest BCUT2D eigenvalue weighted by Gasteiger charge is 2.19. The molecule has 0 aliphatic carbocycles. The number of benzene rings is 1. The molecule has 1 aromatic rings. The number of rotatable bonds is 6. The molecule has 0 saturated carbocycles. The first-order chi connectivity index (χ1) is 10.1. The molecule has 1 fully saturated rings. The lowest BCUT2D eigenvalue weighted by Crippen LogP contribution is -2.35. The van der Waals surface area contributed by atoms with Gasteiger partial charge in [-0.2, -0.15) is 8.78 Å². The SMILES string of the molecule is COc1cccc(CNC2CCS(=O)CC2)c1OC(F)F. The zero-order valence-corrected chi connectivity index (χ0v) is 12.6. The molecule has 1 heterocycles. The van der Waals surface area contributed by atoms with Crippen molar-refractivity contribution in [2.45, 2.75) is 32.0 Å². The summed E-state index contributed by atoms with van der Waals surface area (Å²) >= 11 is 0. The normalized spacial score (nSPS) is 22.3. The number of ether oxygens (including phenoxy) is 2. The van der Waals surface area contributed by atoms with Crippen LogP contribution in [0.2, 0.25) is 0 Å². The van der Waals surface area contributed by atoms with Gasteiger partial charge in [-0.15, -0.1) is 0 Å². The minimum Gasteiger partial charge on any atom is -0.493 e. The number of nitrogens with one attached hydrogen (secondary N) is 1. The molecule has 1 N–H and O–H groups in total. The Balaban J connectivity index is 2.03. The van der Waals surface area contributed by atoms with E-state index < -0.39 is 17.4 Å². The van der Waals surface area contributed by atoms with Crippen LogP contribution in [0.25, 0.3) is 0 Å². The van der Waals surface area contributed by atoms with Crippen molar-refractivity contribution in [3.05, 3.63) is 23.8 Å². The number of hydrogen-bond donors (Lipinski definition) is 1. The Morgan fingerprint density at radius 3 is 2.71 bits per heavy atom. The molecule has 0 radical (unpaired) electrons. The molecule has 4 nitrogen and oxygen atoms in total. The quantitative estimate of drug-likeness (QED) is 0.874. The standard InChI is InChI=1S/C14H19F2NO3S/c1-19-12-4-2-3-10(13(12)20-14(15)16)9-17-11-5-7-21(18)8-6-11/h2-4,11,14,17H,5-9H2,1H3. The summed E-state index contributed by atoms with van der Waals surface area (Å²) < 4.78 is 46.0. The Morgan fingerprint density at radius 1 is 1.38 bits per heavy atom. The average Bonchev–Trinajstić information content (AvgIpc) is 2.47. The van der Waals surface area contributed by atoms with E-state index in [2.05, 4.69) is 10.1 Å². The largest absolute Gasteiger partial charge is 0.493 e. The first kappa shape index (κ1) is 16.2. The third-order valence-electron chi connectivity index (χ3n) is 3.46. The van der Waals surface area contributed by atoms with Gasteiger partial charge in [0, 0.05) is 40.5 Å². The lowest BCUT2D eigenvalue weighted by molar-refractivity contribution is -0.0518. The summed E-state index contributed by atoms with van der Waals surface area (Å²) in [5.74, 6) is 1.74. The van der Waals surface area contributed by atoms with E-state index >= 15 is 0 Å². The summed E-state index contributed by atoms with van der Waals surface area (Å²) in [6, 6.07) is 5.32. The number of hydrogen-bond acceptors (Lipinski definition) is 4. The first-order valence-electron chi connectivity index (χ1n) is 6.79. The van der Waals surface area contributed by atoms with Crippen molar-refractivity contribution in [2.24, 2.45) is 0 Å². The minimum atomic E-state index is -2.89.